The quantitative estimate of drug-likeness (QED) is 0.686. The van der Waals surface area contributed by atoms with E-state index in [0.29, 0.717) is 5.56 Å². The fourth-order valence-corrected chi connectivity index (χ4v) is 4.05. The van der Waals surface area contributed by atoms with Crippen molar-refractivity contribution in [1.29, 1.82) is 0 Å². The van der Waals surface area contributed by atoms with Crippen LogP contribution in [0.2, 0.25) is 0 Å². The van der Waals surface area contributed by atoms with Crippen molar-refractivity contribution in [3.8, 4) is 0 Å². The van der Waals surface area contributed by atoms with Crippen LogP contribution in [-0.4, -0.2) is 59.6 Å². The van der Waals surface area contributed by atoms with E-state index in [-0.39, 0.29) is 5.56 Å². The van der Waals surface area contributed by atoms with E-state index in [9.17, 15) is 18.8 Å². The van der Waals surface area contributed by atoms with Crippen LogP contribution in [0.25, 0.3) is 0 Å². The van der Waals surface area contributed by atoms with Gasteiger partial charge in [-0.15, -0.1) is 0 Å². The van der Waals surface area contributed by atoms with Crippen LogP contribution in [0.5, 0.6) is 0 Å². The van der Waals surface area contributed by atoms with Crippen molar-refractivity contribution in [2.45, 2.75) is 39.1 Å². The lowest BCUT2D eigenvalue weighted by atomic mass is 9.90. The molecule has 31 heavy (non-hydrogen) atoms. The first-order valence-electron chi connectivity index (χ1n) is 10.1. The zero-order valence-electron chi connectivity index (χ0n) is 18.1. The number of carbonyl (C=O) groups excluding carboxylic acids is 3. The number of alkyl halides is 1. The van der Waals surface area contributed by atoms with Gasteiger partial charge >= 0.3 is 5.97 Å². The molecule has 2 amide bonds. The molecule has 1 heterocycles. The van der Waals surface area contributed by atoms with Crippen LogP contribution in [-0.2, 0) is 9.53 Å². The van der Waals surface area contributed by atoms with Crippen LogP contribution < -0.4 is 0 Å². The number of rotatable bonds is 5. The number of nitrogens with zero attached hydrogens (tertiary/aromatic N) is 2. The summed E-state index contributed by atoms with van der Waals surface area (Å²) in [5.41, 5.74) is 0.0957. The first-order valence-corrected chi connectivity index (χ1v) is 10.1. The van der Waals surface area contributed by atoms with Gasteiger partial charge in [0.1, 0.15) is 12.8 Å². The first kappa shape index (κ1) is 22.5. The Labute approximate surface area is 181 Å². The Morgan fingerprint density at radius 1 is 1.00 bits per heavy atom. The van der Waals surface area contributed by atoms with Crippen molar-refractivity contribution < 1.29 is 23.5 Å². The molecule has 0 radical (unpaired) electrons. The van der Waals surface area contributed by atoms with Gasteiger partial charge in [0.15, 0.2) is 12.1 Å². The van der Waals surface area contributed by atoms with Gasteiger partial charge in [0.05, 0.1) is 5.56 Å². The Hall–Kier alpha value is -3.22. The second-order valence-electron chi connectivity index (χ2n) is 8.68. The third-order valence-corrected chi connectivity index (χ3v) is 5.33. The summed E-state index contributed by atoms with van der Waals surface area (Å²) < 4.78 is 19.6. The summed E-state index contributed by atoms with van der Waals surface area (Å²) in [7, 11) is 1.58. The molecule has 2 aromatic rings. The van der Waals surface area contributed by atoms with Crippen molar-refractivity contribution in [2.24, 2.45) is 5.41 Å². The summed E-state index contributed by atoms with van der Waals surface area (Å²) in [6, 6.07) is 15.4. The van der Waals surface area contributed by atoms with Gasteiger partial charge in [0.25, 0.3) is 11.8 Å². The van der Waals surface area contributed by atoms with Gasteiger partial charge in [0, 0.05) is 18.0 Å². The van der Waals surface area contributed by atoms with E-state index in [1.54, 1.807) is 67.7 Å². The maximum Gasteiger partial charge on any atom is 0.338 e. The van der Waals surface area contributed by atoms with Crippen LogP contribution >= 0.6 is 0 Å². The SMILES string of the molecule is CN1C(=O)[C@H]([C@@H](CF)OC(=O)c2ccccc2)N(C(=O)c2ccccc2)[C@H]1C(C)(C)C. The highest BCUT2D eigenvalue weighted by Crippen LogP contribution is 2.36. The molecule has 3 rings (SSSR count). The molecule has 6 nitrogen and oxygen atoms in total. The number of amides is 2. The average Bonchev–Trinajstić information content (AvgIpc) is 3.03. The fraction of sp³-hybridized carbons (Fsp3) is 0.375. The zero-order chi connectivity index (χ0) is 22.8. The van der Waals surface area contributed by atoms with Crippen LogP contribution in [0.1, 0.15) is 41.5 Å². The number of benzene rings is 2. The van der Waals surface area contributed by atoms with Crippen LogP contribution in [0.3, 0.4) is 0 Å². The monoisotopic (exact) mass is 426 g/mol. The van der Waals surface area contributed by atoms with Gasteiger partial charge in [-0.2, -0.15) is 0 Å². The summed E-state index contributed by atoms with van der Waals surface area (Å²) in [6.45, 7) is 4.60. The number of hydrogen-bond donors (Lipinski definition) is 0. The molecule has 0 saturated carbocycles. The highest BCUT2D eigenvalue weighted by atomic mass is 19.1. The van der Waals surface area contributed by atoms with E-state index in [0.717, 1.165) is 0 Å². The second kappa shape index (κ2) is 8.88. The molecule has 1 aliphatic heterocycles. The molecule has 0 aromatic heterocycles. The van der Waals surface area contributed by atoms with E-state index in [4.69, 9.17) is 4.74 Å². The third kappa shape index (κ3) is 4.45. The lowest BCUT2D eigenvalue weighted by molar-refractivity contribution is -0.132. The van der Waals surface area contributed by atoms with E-state index in [2.05, 4.69) is 0 Å². The molecule has 0 unspecified atom stereocenters. The largest absolute Gasteiger partial charge is 0.453 e. The standard InChI is InChI=1S/C24H27FN2O4/c1-24(2,3)23-26(4)21(29)19(27(23)20(28)16-11-7-5-8-12-16)18(15-25)31-22(30)17-13-9-6-10-14-17/h5-14,18-19,23H,15H2,1-4H3/t18-,19+,23+/m1/s1. The predicted molar refractivity (Wildman–Crippen MR) is 114 cm³/mol. The molecule has 7 heteroatoms. The number of carbonyl (C=O) groups is 3. The normalized spacial score (nSPS) is 20.0. The lowest BCUT2D eigenvalue weighted by Gasteiger charge is -2.39. The van der Waals surface area contributed by atoms with Gasteiger partial charge < -0.3 is 14.5 Å². The number of hydrogen-bond acceptors (Lipinski definition) is 4. The average molecular weight is 426 g/mol. The molecule has 0 N–H and O–H groups in total. The first-order chi connectivity index (χ1) is 14.7. The van der Waals surface area contributed by atoms with E-state index < -0.39 is 48.2 Å². The van der Waals surface area contributed by atoms with Crippen LogP contribution in [0, 0.1) is 5.41 Å². The molecule has 3 atom stereocenters. The van der Waals surface area contributed by atoms with Gasteiger partial charge in [-0.3, -0.25) is 9.59 Å². The zero-order valence-corrected chi connectivity index (χ0v) is 18.1. The highest BCUT2D eigenvalue weighted by molar-refractivity contribution is 6.00. The number of ether oxygens (including phenoxy) is 1. The van der Waals surface area contributed by atoms with Crippen molar-refractivity contribution in [1.82, 2.24) is 9.80 Å². The second-order valence-corrected chi connectivity index (χ2v) is 8.68. The van der Waals surface area contributed by atoms with Crippen molar-refractivity contribution in [3.63, 3.8) is 0 Å². The van der Waals surface area contributed by atoms with Crippen molar-refractivity contribution in [3.05, 3.63) is 71.8 Å². The number of likely N-dealkylation sites (N-methyl/N-ethyl adjacent to an activating group) is 1. The molecular formula is C24H27FN2O4. The summed E-state index contributed by atoms with van der Waals surface area (Å²) in [5, 5.41) is 0. The Morgan fingerprint density at radius 3 is 2.00 bits per heavy atom. The topological polar surface area (TPSA) is 66.9 Å². The summed E-state index contributed by atoms with van der Waals surface area (Å²) in [5.74, 6) is -1.63. The molecule has 0 bridgehead atoms. The Bertz CT molecular complexity index is 943. The van der Waals surface area contributed by atoms with Gasteiger partial charge in [-0.1, -0.05) is 57.2 Å². The molecule has 1 fully saturated rings. The smallest absolute Gasteiger partial charge is 0.338 e. The van der Waals surface area contributed by atoms with Gasteiger partial charge in [-0.25, -0.2) is 9.18 Å². The fourth-order valence-electron chi connectivity index (χ4n) is 4.05. The van der Waals surface area contributed by atoms with Crippen molar-refractivity contribution in [2.75, 3.05) is 13.7 Å². The molecular weight excluding hydrogens is 399 g/mol. The maximum atomic E-state index is 14.2. The van der Waals surface area contributed by atoms with E-state index >= 15 is 0 Å². The lowest BCUT2D eigenvalue weighted by Crippen LogP contribution is -2.54. The Morgan fingerprint density at radius 2 is 1.52 bits per heavy atom. The van der Waals surface area contributed by atoms with Crippen LogP contribution in [0.4, 0.5) is 4.39 Å². The van der Waals surface area contributed by atoms with E-state index in [1.165, 1.54) is 9.80 Å². The molecule has 0 spiro atoms. The highest BCUT2D eigenvalue weighted by Gasteiger charge is 2.55. The van der Waals surface area contributed by atoms with Crippen LogP contribution in [0.15, 0.2) is 60.7 Å². The molecule has 1 aliphatic rings. The third-order valence-electron chi connectivity index (χ3n) is 5.33. The van der Waals surface area contributed by atoms with Gasteiger partial charge in [-0.05, 0) is 24.3 Å². The number of esters is 1. The molecule has 0 aliphatic carbocycles. The minimum Gasteiger partial charge on any atom is -0.453 e. The van der Waals surface area contributed by atoms with Crippen molar-refractivity contribution >= 4 is 17.8 Å². The predicted octanol–water partition coefficient (Wildman–Crippen LogP) is 3.54. The summed E-state index contributed by atoms with van der Waals surface area (Å²) in [4.78, 5) is 42.0. The molecule has 1 saturated heterocycles. The molecule has 164 valence electrons. The van der Waals surface area contributed by atoms with Gasteiger partial charge in [0.2, 0.25) is 0 Å². The summed E-state index contributed by atoms with van der Waals surface area (Å²) >= 11 is 0. The Kier molecular flexibility index (Phi) is 6.43. The summed E-state index contributed by atoms with van der Waals surface area (Å²) in [6.07, 6.45) is -2.06. The Balaban J connectivity index is 2.00. The molecule has 2 aromatic carbocycles. The minimum atomic E-state index is -1.43. The minimum absolute atomic E-state index is 0.244. The maximum absolute atomic E-state index is 14.2. The number of halogens is 1. The van der Waals surface area contributed by atoms with E-state index in [1.807, 2.05) is 20.8 Å².